The van der Waals surface area contributed by atoms with E-state index in [1.165, 1.54) is 23.9 Å². The first-order valence-electron chi connectivity index (χ1n) is 19.4. The number of amides is 3. The highest BCUT2D eigenvalue weighted by molar-refractivity contribution is 7.99. The number of aromatic hydroxyl groups is 1. The number of carboxylic acid groups (broad SMARTS) is 4. The third kappa shape index (κ3) is 19.6. The maximum atomic E-state index is 13.5. The predicted octanol–water partition coefficient (Wildman–Crippen LogP) is -2.12. The van der Waals surface area contributed by atoms with E-state index in [0.717, 1.165) is 0 Å². The summed E-state index contributed by atoms with van der Waals surface area (Å²) in [4.78, 5) is 93.3. The zero-order chi connectivity index (χ0) is 44.0. The lowest BCUT2D eigenvalue weighted by molar-refractivity contribution is -0.142. The smallest absolute Gasteiger partial charge is 0.326 e. The van der Waals surface area contributed by atoms with Crippen LogP contribution in [0.4, 0.5) is 0 Å². The fourth-order valence-corrected chi connectivity index (χ4v) is 7.15. The van der Waals surface area contributed by atoms with E-state index in [1.807, 2.05) is 0 Å². The lowest BCUT2D eigenvalue weighted by atomic mass is 10.0. The number of thioether (sulfide) groups is 1. The lowest BCUT2D eigenvalue weighted by Crippen LogP contribution is -2.56. The number of carboxylic acids is 4. The van der Waals surface area contributed by atoms with E-state index in [9.17, 15) is 59.1 Å². The minimum Gasteiger partial charge on any atom is -0.508 e. The molecule has 0 aromatic heterocycles. The highest BCUT2D eigenvalue weighted by Gasteiger charge is 2.29. The average molecular weight is 861 g/mol. The minimum atomic E-state index is -1.29. The summed E-state index contributed by atoms with van der Waals surface area (Å²) in [5.74, 6) is -5.86. The molecule has 0 saturated carbocycles. The maximum absolute atomic E-state index is 13.5. The molecule has 60 heavy (non-hydrogen) atoms. The zero-order valence-electron chi connectivity index (χ0n) is 33.3. The second kappa shape index (κ2) is 26.0. The number of aliphatic carboxylic acids is 4. The molecule has 1 aliphatic heterocycles. The standard InChI is InChI=1S/C39H56N8O12S/c40-30(20-28-6-8-29(48)9-7-28)37(56)43-32(38(57)42-31(39(58)59)21-27-4-2-1-3-5-27)26-60-19-10-41-33(49)22-44-11-13-45(23-34(50)51)15-17-47(25-36(54)55)18-16-46(14-12-44)24-35(52)53/h1-9,30-32,48H,10-26,40H2,(H,41,49)(H,42,57)(H,43,56)(H,50,51)(H,52,53)(H,54,55)(H,58,59)/t30-,31-,32-/m0/s1. The molecule has 0 unspecified atom stereocenters. The number of hydrogen-bond acceptors (Lipinski definition) is 14. The van der Waals surface area contributed by atoms with Crippen molar-refractivity contribution in [1.29, 1.82) is 0 Å². The van der Waals surface area contributed by atoms with Crippen LogP contribution in [0.2, 0.25) is 0 Å². The Labute approximate surface area is 352 Å². The molecule has 1 fully saturated rings. The summed E-state index contributed by atoms with van der Waals surface area (Å²) in [5.41, 5.74) is 7.51. The van der Waals surface area contributed by atoms with Crippen LogP contribution in [0, 0.1) is 0 Å². The molecule has 1 saturated heterocycles. The summed E-state index contributed by atoms with van der Waals surface area (Å²) in [6.07, 6.45) is 0.0999. The average Bonchev–Trinajstić information content (AvgIpc) is 3.18. The molecule has 1 heterocycles. The Morgan fingerprint density at radius 1 is 0.600 bits per heavy atom. The molecular weight excluding hydrogens is 805 g/mol. The highest BCUT2D eigenvalue weighted by Crippen LogP contribution is 2.12. The Morgan fingerprint density at radius 2 is 1.05 bits per heavy atom. The van der Waals surface area contributed by atoms with Gasteiger partial charge in [0.2, 0.25) is 17.7 Å². The monoisotopic (exact) mass is 860 g/mol. The van der Waals surface area contributed by atoms with Gasteiger partial charge >= 0.3 is 23.9 Å². The van der Waals surface area contributed by atoms with Gasteiger partial charge in [0.25, 0.3) is 0 Å². The number of phenols is 1. The predicted molar refractivity (Wildman–Crippen MR) is 220 cm³/mol. The first-order valence-corrected chi connectivity index (χ1v) is 20.5. The van der Waals surface area contributed by atoms with Crippen molar-refractivity contribution < 1.29 is 59.1 Å². The summed E-state index contributed by atoms with van der Waals surface area (Å²) in [5, 5.41) is 55.7. The van der Waals surface area contributed by atoms with Crippen LogP contribution < -0.4 is 21.7 Å². The molecular formula is C39H56N8O12S. The van der Waals surface area contributed by atoms with E-state index in [1.54, 1.807) is 62.1 Å². The van der Waals surface area contributed by atoms with Crippen molar-refractivity contribution in [3.05, 3.63) is 65.7 Å². The second-order valence-electron chi connectivity index (χ2n) is 14.3. The Morgan fingerprint density at radius 3 is 1.52 bits per heavy atom. The Bertz CT molecular complexity index is 1690. The summed E-state index contributed by atoms with van der Waals surface area (Å²) < 4.78 is 0. The van der Waals surface area contributed by atoms with E-state index >= 15 is 0 Å². The lowest BCUT2D eigenvalue weighted by Gasteiger charge is -2.32. The van der Waals surface area contributed by atoms with E-state index in [-0.39, 0.29) is 115 Å². The Balaban J connectivity index is 1.62. The number of carbonyl (C=O) groups is 7. The van der Waals surface area contributed by atoms with Gasteiger partial charge in [-0.2, -0.15) is 11.8 Å². The normalized spacial score (nSPS) is 16.6. The molecule has 3 rings (SSSR count). The number of benzene rings is 2. The van der Waals surface area contributed by atoms with Gasteiger partial charge in [-0.15, -0.1) is 0 Å². The van der Waals surface area contributed by atoms with Crippen LogP contribution in [0.3, 0.4) is 0 Å². The summed E-state index contributed by atoms with van der Waals surface area (Å²) in [6.45, 7) is 1.18. The van der Waals surface area contributed by atoms with Gasteiger partial charge in [-0.3, -0.25) is 48.4 Å². The van der Waals surface area contributed by atoms with E-state index in [2.05, 4.69) is 16.0 Å². The SMILES string of the molecule is N[C@@H](Cc1ccc(O)cc1)C(=O)N[C@@H](CSCCNC(=O)CN1CCN(CC(=O)O)CCN(CC(=O)O)CCN(CC(=O)O)CC1)C(=O)N[C@@H](Cc1ccccc1)C(=O)O. The fourth-order valence-electron chi connectivity index (χ4n) is 6.27. The van der Waals surface area contributed by atoms with Gasteiger partial charge in [0.05, 0.1) is 32.2 Å². The van der Waals surface area contributed by atoms with E-state index in [0.29, 0.717) is 16.9 Å². The number of rotatable bonds is 22. The van der Waals surface area contributed by atoms with E-state index < -0.39 is 53.8 Å². The van der Waals surface area contributed by atoms with Crippen LogP contribution >= 0.6 is 11.8 Å². The van der Waals surface area contributed by atoms with Crippen LogP contribution in [-0.4, -0.2) is 201 Å². The summed E-state index contributed by atoms with van der Waals surface area (Å²) in [6, 6.07) is 11.3. The van der Waals surface area contributed by atoms with Gasteiger partial charge < -0.3 is 47.2 Å². The molecule has 2 aromatic carbocycles. The quantitative estimate of drug-likeness (QED) is 0.0572. The summed E-state index contributed by atoms with van der Waals surface area (Å²) in [7, 11) is 0. The van der Waals surface area contributed by atoms with Gasteiger partial charge in [0.15, 0.2) is 0 Å². The summed E-state index contributed by atoms with van der Waals surface area (Å²) >= 11 is 1.22. The molecule has 2 aromatic rings. The molecule has 21 heteroatoms. The maximum Gasteiger partial charge on any atom is 0.326 e. The zero-order valence-corrected chi connectivity index (χ0v) is 34.1. The molecule has 3 amide bonds. The molecule has 1 aliphatic rings. The van der Waals surface area contributed by atoms with Crippen LogP contribution in [0.25, 0.3) is 0 Å². The van der Waals surface area contributed by atoms with Crippen molar-refractivity contribution in [2.75, 3.05) is 96.6 Å². The Hall–Kier alpha value is -5.32. The third-order valence-electron chi connectivity index (χ3n) is 9.49. The van der Waals surface area contributed by atoms with Gasteiger partial charge in [-0.25, -0.2) is 4.79 Å². The van der Waals surface area contributed by atoms with Crippen molar-refractivity contribution in [3.8, 4) is 5.75 Å². The van der Waals surface area contributed by atoms with Crippen LogP contribution in [0.1, 0.15) is 11.1 Å². The first-order chi connectivity index (χ1) is 28.6. The van der Waals surface area contributed by atoms with Crippen molar-refractivity contribution in [3.63, 3.8) is 0 Å². The number of nitrogens with two attached hydrogens (primary N) is 1. The first kappa shape index (κ1) is 49.0. The molecule has 0 spiro atoms. The number of hydrogen-bond donors (Lipinski definition) is 9. The van der Waals surface area contributed by atoms with Gasteiger partial charge in [0, 0.05) is 76.8 Å². The molecule has 0 radical (unpaired) electrons. The van der Waals surface area contributed by atoms with Crippen LogP contribution in [0.5, 0.6) is 5.75 Å². The molecule has 0 aliphatic carbocycles. The van der Waals surface area contributed by atoms with Crippen LogP contribution in [-0.2, 0) is 46.4 Å². The largest absolute Gasteiger partial charge is 0.508 e. The number of nitrogens with one attached hydrogen (secondary N) is 3. The number of nitrogens with zero attached hydrogens (tertiary/aromatic N) is 4. The molecule has 0 bridgehead atoms. The third-order valence-corrected chi connectivity index (χ3v) is 10.5. The Kier molecular flexibility index (Phi) is 21.3. The van der Waals surface area contributed by atoms with Crippen molar-refractivity contribution in [2.45, 2.75) is 31.0 Å². The molecule has 3 atom stereocenters. The topological polar surface area (TPSA) is 296 Å². The highest BCUT2D eigenvalue weighted by atomic mass is 32.2. The van der Waals surface area contributed by atoms with Gasteiger partial charge in [-0.1, -0.05) is 42.5 Å². The minimum absolute atomic E-state index is 0.000282. The van der Waals surface area contributed by atoms with Crippen molar-refractivity contribution >= 4 is 53.4 Å². The van der Waals surface area contributed by atoms with Gasteiger partial charge in [-0.05, 0) is 29.7 Å². The molecule has 20 nitrogen and oxygen atoms in total. The van der Waals surface area contributed by atoms with Crippen molar-refractivity contribution in [1.82, 2.24) is 35.6 Å². The van der Waals surface area contributed by atoms with Gasteiger partial charge in [0.1, 0.15) is 17.8 Å². The second-order valence-corrected chi connectivity index (χ2v) is 15.5. The molecule has 10 N–H and O–H groups in total. The van der Waals surface area contributed by atoms with E-state index in [4.69, 9.17) is 5.73 Å². The fraction of sp³-hybridized carbons (Fsp3) is 0.513. The number of carbonyl (C=O) groups excluding carboxylic acids is 3. The molecule has 330 valence electrons. The van der Waals surface area contributed by atoms with Crippen molar-refractivity contribution in [2.24, 2.45) is 5.73 Å². The number of phenolic OH excluding ortho intramolecular Hbond substituents is 1. The van der Waals surface area contributed by atoms with Crippen LogP contribution in [0.15, 0.2) is 54.6 Å².